The van der Waals surface area contributed by atoms with E-state index < -0.39 is 0 Å². The molecule has 0 atom stereocenters. The predicted octanol–water partition coefficient (Wildman–Crippen LogP) is 3.53. The van der Waals surface area contributed by atoms with Crippen LogP contribution in [0.3, 0.4) is 0 Å². The van der Waals surface area contributed by atoms with Crippen molar-refractivity contribution >= 4 is 0 Å². The van der Waals surface area contributed by atoms with Crippen molar-refractivity contribution in [1.29, 1.82) is 0 Å². The first-order chi connectivity index (χ1) is 9.42. The van der Waals surface area contributed by atoms with Gasteiger partial charge in [0.1, 0.15) is 0 Å². The third kappa shape index (κ3) is 6.53. The minimum atomic E-state index is 0.251. The molecule has 0 spiro atoms. The van der Waals surface area contributed by atoms with Crippen LogP contribution >= 0.6 is 0 Å². The van der Waals surface area contributed by atoms with Crippen molar-refractivity contribution in [3.05, 3.63) is 35.9 Å². The highest BCUT2D eigenvalue weighted by Gasteiger charge is 2.20. The molecular weight excluding hydrogens is 244 g/mol. The zero-order valence-electron chi connectivity index (χ0n) is 13.9. The summed E-state index contributed by atoms with van der Waals surface area (Å²) < 4.78 is 0. The summed E-state index contributed by atoms with van der Waals surface area (Å²) in [5.41, 5.74) is 1.69. The van der Waals surface area contributed by atoms with E-state index >= 15 is 0 Å². The standard InChI is InChI=1S/C18H32N2/c1-16(2)15-19-12-14-20(5)13-11-18(3,4)17-9-7-6-8-10-17/h6-10,16,19H,11-15H2,1-5H3. The lowest BCUT2D eigenvalue weighted by molar-refractivity contribution is 0.292. The molecule has 0 saturated heterocycles. The van der Waals surface area contributed by atoms with Crippen molar-refractivity contribution < 1.29 is 0 Å². The molecule has 0 aliphatic heterocycles. The highest BCUT2D eigenvalue weighted by atomic mass is 15.1. The molecular formula is C18H32N2. The van der Waals surface area contributed by atoms with Gasteiger partial charge >= 0.3 is 0 Å². The fourth-order valence-corrected chi connectivity index (χ4v) is 2.28. The van der Waals surface area contributed by atoms with Gasteiger partial charge in [-0.2, -0.15) is 0 Å². The Bertz CT molecular complexity index is 357. The van der Waals surface area contributed by atoms with Crippen LogP contribution in [-0.2, 0) is 5.41 Å². The van der Waals surface area contributed by atoms with Gasteiger partial charge < -0.3 is 10.2 Å². The summed E-state index contributed by atoms with van der Waals surface area (Å²) in [5, 5.41) is 3.50. The predicted molar refractivity (Wildman–Crippen MR) is 89.3 cm³/mol. The van der Waals surface area contributed by atoms with Crippen molar-refractivity contribution in [2.24, 2.45) is 5.92 Å². The lowest BCUT2D eigenvalue weighted by Gasteiger charge is -2.28. The lowest BCUT2D eigenvalue weighted by atomic mass is 9.81. The van der Waals surface area contributed by atoms with Crippen LogP contribution in [0.1, 0.15) is 39.7 Å². The van der Waals surface area contributed by atoms with E-state index in [1.807, 2.05) is 0 Å². The monoisotopic (exact) mass is 276 g/mol. The van der Waals surface area contributed by atoms with Crippen LogP contribution in [-0.4, -0.2) is 38.1 Å². The van der Waals surface area contributed by atoms with Crippen molar-refractivity contribution in [2.45, 2.75) is 39.5 Å². The van der Waals surface area contributed by atoms with Gasteiger partial charge in [-0.05, 0) is 43.5 Å². The molecule has 20 heavy (non-hydrogen) atoms. The molecule has 114 valence electrons. The molecule has 0 aromatic heterocycles. The average Bonchev–Trinajstić information content (AvgIpc) is 2.42. The molecule has 0 aliphatic rings. The largest absolute Gasteiger partial charge is 0.315 e. The number of likely N-dealkylation sites (N-methyl/N-ethyl adjacent to an activating group) is 1. The minimum absolute atomic E-state index is 0.251. The average molecular weight is 276 g/mol. The van der Waals surface area contributed by atoms with Crippen LogP contribution in [0.15, 0.2) is 30.3 Å². The SMILES string of the molecule is CC(C)CNCCN(C)CCC(C)(C)c1ccccc1. The Morgan fingerprint density at radius 1 is 1.10 bits per heavy atom. The van der Waals surface area contributed by atoms with Gasteiger partial charge in [0.25, 0.3) is 0 Å². The molecule has 0 fully saturated rings. The minimum Gasteiger partial charge on any atom is -0.315 e. The Balaban J connectivity index is 2.28. The maximum absolute atomic E-state index is 3.50. The van der Waals surface area contributed by atoms with Gasteiger partial charge in [0.15, 0.2) is 0 Å². The third-order valence-electron chi connectivity index (χ3n) is 3.90. The van der Waals surface area contributed by atoms with E-state index in [1.54, 1.807) is 0 Å². The zero-order valence-corrected chi connectivity index (χ0v) is 13.9. The second kappa shape index (κ2) is 8.43. The molecule has 0 unspecified atom stereocenters. The van der Waals surface area contributed by atoms with Crippen LogP contribution in [0.5, 0.6) is 0 Å². The summed E-state index contributed by atoms with van der Waals surface area (Å²) in [6.07, 6.45) is 1.19. The lowest BCUT2D eigenvalue weighted by Crippen LogP contribution is -2.33. The van der Waals surface area contributed by atoms with E-state index in [2.05, 4.69) is 75.3 Å². The normalized spacial score (nSPS) is 12.3. The fourth-order valence-electron chi connectivity index (χ4n) is 2.28. The molecule has 1 rings (SSSR count). The quantitative estimate of drug-likeness (QED) is 0.694. The number of rotatable bonds is 9. The highest BCUT2D eigenvalue weighted by molar-refractivity contribution is 5.23. The van der Waals surface area contributed by atoms with Gasteiger partial charge in [0, 0.05) is 13.1 Å². The van der Waals surface area contributed by atoms with Gasteiger partial charge in [-0.1, -0.05) is 58.0 Å². The topological polar surface area (TPSA) is 15.3 Å². The fraction of sp³-hybridized carbons (Fsp3) is 0.667. The number of hydrogen-bond acceptors (Lipinski definition) is 2. The molecule has 2 heteroatoms. The van der Waals surface area contributed by atoms with Crippen LogP contribution in [0.25, 0.3) is 0 Å². The first-order valence-electron chi connectivity index (χ1n) is 7.86. The molecule has 0 bridgehead atoms. The zero-order chi connectivity index (χ0) is 15.0. The number of benzene rings is 1. The number of hydrogen-bond donors (Lipinski definition) is 1. The van der Waals surface area contributed by atoms with Crippen molar-refractivity contribution in [2.75, 3.05) is 33.2 Å². The molecule has 0 saturated carbocycles. The Kier molecular flexibility index (Phi) is 7.25. The first-order valence-corrected chi connectivity index (χ1v) is 7.86. The smallest absolute Gasteiger partial charge is 0.0104 e. The second-order valence-electron chi connectivity index (χ2n) is 6.90. The highest BCUT2D eigenvalue weighted by Crippen LogP contribution is 2.26. The summed E-state index contributed by atoms with van der Waals surface area (Å²) in [4.78, 5) is 2.43. The van der Waals surface area contributed by atoms with Crippen LogP contribution in [0, 0.1) is 5.92 Å². The second-order valence-corrected chi connectivity index (χ2v) is 6.90. The van der Waals surface area contributed by atoms with Gasteiger partial charge in [-0.15, -0.1) is 0 Å². The van der Waals surface area contributed by atoms with E-state index in [0.29, 0.717) is 0 Å². The Morgan fingerprint density at radius 2 is 1.75 bits per heavy atom. The molecule has 1 N–H and O–H groups in total. The van der Waals surface area contributed by atoms with Gasteiger partial charge in [-0.3, -0.25) is 0 Å². The maximum Gasteiger partial charge on any atom is 0.0104 e. The molecule has 0 heterocycles. The van der Waals surface area contributed by atoms with Crippen molar-refractivity contribution in [1.82, 2.24) is 10.2 Å². The van der Waals surface area contributed by atoms with Crippen LogP contribution in [0.4, 0.5) is 0 Å². The van der Waals surface area contributed by atoms with Crippen molar-refractivity contribution in [3.63, 3.8) is 0 Å². The molecule has 0 radical (unpaired) electrons. The summed E-state index contributed by atoms with van der Waals surface area (Å²) in [6.45, 7) is 13.6. The summed E-state index contributed by atoms with van der Waals surface area (Å²) in [7, 11) is 2.22. The molecule has 2 nitrogen and oxygen atoms in total. The number of nitrogens with zero attached hydrogens (tertiary/aromatic N) is 1. The first kappa shape index (κ1) is 17.2. The Hall–Kier alpha value is -0.860. The molecule has 1 aromatic carbocycles. The van der Waals surface area contributed by atoms with Gasteiger partial charge in [0.2, 0.25) is 0 Å². The molecule has 1 aromatic rings. The van der Waals surface area contributed by atoms with Crippen molar-refractivity contribution in [3.8, 4) is 0 Å². The Labute approximate surface area is 125 Å². The van der Waals surface area contributed by atoms with Crippen LogP contribution in [0.2, 0.25) is 0 Å². The number of nitrogens with one attached hydrogen (secondary N) is 1. The van der Waals surface area contributed by atoms with E-state index in [-0.39, 0.29) is 5.41 Å². The van der Waals surface area contributed by atoms with Gasteiger partial charge in [-0.25, -0.2) is 0 Å². The van der Waals surface area contributed by atoms with E-state index in [4.69, 9.17) is 0 Å². The van der Waals surface area contributed by atoms with E-state index in [0.717, 1.165) is 32.1 Å². The van der Waals surface area contributed by atoms with Gasteiger partial charge in [0.05, 0.1) is 0 Å². The summed E-state index contributed by atoms with van der Waals surface area (Å²) in [6, 6.07) is 10.8. The maximum atomic E-state index is 3.50. The third-order valence-corrected chi connectivity index (χ3v) is 3.90. The summed E-state index contributed by atoms with van der Waals surface area (Å²) >= 11 is 0. The van der Waals surface area contributed by atoms with E-state index in [9.17, 15) is 0 Å². The molecule has 0 aliphatic carbocycles. The summed E-state index contributed by atoms with van der Waals surface area (Å²) in [5.74, 6) is 0.734. The Morgan fingerprint density at radius 3 is 2.35 bits per heavy atom. The van der Waals surface area contributed by atoms with E-state index in [1.165, 1.54) is 12.0 Å². The molecule has 0 amide bonds. The van der Waals surface area contributed by atoms with Crippen LogP contribution < -0.4 is 5.32 Å².